The molecule has 0 aliphatic carbocycles. The van der Waals surface area contributed by atoms with Crippen LogP contribution in [0.3, 0.4) is 0 Å². The number of hydrogen-bond acceptors (Lipinski definition) is 3. The molecule has 0 aromatic carbocycles. The van der Waals surface area contributed by atoms with E-state index < -0.39 is 0 Å². The van der Waals surface area contributed by atoms with Gasteiger partial charge in [-0.2, -0.15) is 0 Å². The Kier molecular flexibility index (Phi) is 4.90. The zero-order chi connectivity index (χ0) is 10.4. The van der Waals surface area contributed by atoms with E-state index in [1.165, 1.54) is 0 Å². The lowest BCUT2D eigenvalue weighted by Crippen LogP contribution is -2.39. The molecule has 0 atom stereocenters. The van der Waals surface area contributed by atoms with Gasteiger partial charge in [-0.05, 0) is 32.4 Å². The molecule has 1 saturated heterocycles. The fourth-order valence-electron chi connectivity index (χ4n) is 1.87. The molecule has 0 aromatic heterocycles. The molecule has 14 heavy (non-hydrogen) atoms. The molecule has 0 spiro atoms. The van der Waals surface area contributed by atoms with Crippen LogP contribution in [-0.2, 0) is 9.53 Å². The molecule has 2 N–H and O–H groups in total. The van der Waals surface area contributed by atoms with Crippen LogP contribution in [0.4, 0.5) is 0 Å². The standard InChI is InChI=1S/C10H20N2O2/c1-14-8-2-5-12-6-3-9(4-7-12)10(11)13/h9H,2-8H2,1H3,(H2,11,13). The number of methoxy groups -OCH3 is 1. The Morgan fingerprint density at radius 3 is 2.64 bits per heavy atom. The van der Waals surface area contributed by atoms with Crippen LogP contribution in [0.1, 0.15) is 19.3 Å². The molecule has 0 bridgehead atoms. The second-order valence-electron chi connectivity index (χ2n) is 3.86. The minimum absolute atomic E-state index is 0.105. The third-order valence-electron chi connectivity index (χ3n) is 2.81. The number of primary amides is 1. The van der Waals surface area contributed by atoms with Gasteiger partial charge in [0.1, 0.15) is 0 Å². The highest BCUT2D eigenvalue weighted by molar-refractivity contribution is 5.76. The molecule has 1 aliphatic rings. The number of ether oxygens (including phenoxy) is 1. The average molecular weight is 200 g/mol. The molecule has 4 heteroatoms. The van der Waals surface area contributed by atoms with E-state index in [1.807, 2.05) is 0 Å². The Hall–Kier alpha value is -0.610. The van der Waals surface area contributed by atoms with E-state index in [9.17, 15) is 4.79 Å². The van der Waals surface area contributed by atoms with Crippen LogP contribution < -0.4 is 5.73 Å². The van der Waals surface area contributed by atoms with Gasteiger partial charge in [-0.1, -0.05) is 0 Å². The van der Waals surface area contributed by atoms with Crippen molar-refractivity contribution >= 4 is 5.91 Å². The maximum Gasteiger partial charge on any atom is 0.220 e. The maximum atomic E-state index is 10.9. The zero-order valence-corrected chi connectivity index (χ0v) is 8.87. The molecule has 1 rings (SSSR count). The van der Waals surface area contributed by atoms with Crippen molar-refractivity contribution in [1.29, 1.82) is 0 Å². The zero-order valence-electron chi connectivity index (χ0n) is 8.87. The van der Waals surface area contributed by atoms with Crippen molar-refractivity contribution in [2.45, 2.75) is 19.3 Å². The van der Waals surface area contributed by atoms with Crippen LogP contribution in [-0.4, -0.2) is 44.2 Å². The molecule has 1 heterocycles. The molecule has 82 valence electrons. The van der Waals surface area contributed by atoms with Crippen molar-refractivity contribution in [1.82, 2.24) is 4.90 Å². The summed E-state index contributed by atoms with van der Waals surface area (Å²) in [6, 6.07) is 0. The van der Waals surface area contributed by atoms with Crippen LogP contribution in [0.5, 0.6) is 0 Å². The molecule has 1 aliphatic heterocycles. The van der Waals surface area contributed by atoms with E-state index in [1.54, 1.807) is 7.11 Å². The van der Waals surface area contributed by atoms with Gasteiger partial charge in [0, 0.05) is 26.2 Å². The highest BCUT2D eigenvalue weighted by Gasteiger charge is 2.22. The highest BCUT2D eigenvalue weighted by atomic mass is 16.5. The Morgan fingerprint density at radius 2 is 2.14 bits per heavy atom. The first-order valence-electron chi connectivity index (χ1n) is 5.24. The third kappa shape index (κ3) is 3.64. The van der Waals surface area contributed by atoms with Gasteiger partial charge in [0.05, 0.1) is 0 Å². The van der Waals surface area contributed by atoms with Gasteiger partial charge in [0.15, 0.2) is 0 Å². The topological polar surface area (TPSA) is 55.6 Å². The van der Waals surface area contributed by atoms with Gasteiger partial charge in [0.2, 0.25) is 5.91 Å². The van der Waals surface area contributed by atoms with E-state index in [4.69, 9.17) is 10.5 Å². The molecular weight excluding hydrogens is 180 g/mol. The van der Waals surface area contributed by atoms with Crippen LogP contribution in [0, 0.1) is 5.92 Å². The summed E-state index contributed by atoms with van der Waals surface area (Å²) < 4.78 is 4.99. The van der Waals surface area contributed by atoms with Gasteiger partial charge in [0.25, 0.3) is 0 Å². The van der Waals surface area contributed by atoms with Gasteiger partial charge in [-0.3, -0.25) is 4.79 Å². The van der Waals surface area contributed by atoms with Crippen molar-refractivity contribution in [2.75, 3.05) is 33.4 Å². The summed E-state index contributed by atoms with van der Waals surface area (Å²) in [5.74, 6) is -0.0322. The first kappa shape index (κ1) is 11.5. The number of likely N-dealkylation sites (tertiary alicyclic amines) is 1. The quantitative estimate of drug-likeness (QED) is 0.646. The molecular formula is C10H20N2O2. The minimum atomic E-state index is -0.137. The van der Waals surface area contributed by atoms with Crippen molar-refractivity contribution < 1.29 is 9.53 Å². The number of nitrogens with two attached hydrogens (primary N) is 1. The number of carbonyl (C=O) groups is 1. The summed E-state index contributed by atoms with van der Waals surface area (Å²) in [5.41, 5.74) is 5.26. The predicted molar refractivity (Wildman–Crippen MR) is 54.9 cm³/mol. The molecule has 0 radical (unpaired) electrons. The van der Waals surface area contributed by atoms with E-state index >= 15 is 0 Å². The van der Waals surface area contributed by atoms with Crippen LogP contribution in [0.25, 0.3) is 0 Å². The van der Waals surface area contributed by atoms with E-state index in [0.29, 0.717) is 0 Å². The number of hydrogen-bond donors (Lipinski definition) is 1. The lowest BCUT2D eigenvalue weighted by molar-refractivity contribution is -0.123. The number of carbonyl (C=O) groups excluding carboxylic acids is 1. The van der Waals surface area contributed by atoms with Gasteiger partial charge < -0.3 is 15.4 Å². The predicted octanol–water partition coefficient (Wildman–Crippen LogP) is 0.220. The third-order valence-corrected chi connectivity index (χ3v) is 2.81. The van der Waals surface area contributed by atoms with Crippen molar-refractivity contribution in [3.8, 4) is 0 Å². The number of piperidine rings is 1. The Balaban J connectivity index is 2.12. The molecule has 0 aromatic rings. The summed E-state index contributed by atoms with van der Waals surface area (Å²) >= 11 is 0. The minimum Gasteiger partial charge on any atom is -0.385 e. The van der Waals surface area contributed by atoms with Gasteiger partial charge >= 0.3 is 0 Å². The van der Waals surface area contributed by atoms with E-state index in [0.717, 1.165) is 45.5 Å². The largest absolute Gasteiger partial charge is 0.385 e. The molecule has 0 unspecified atom stereocenters. The first-order valence-corrected chi connectivity index (χ1v) is 5.24. The average Bonchev–Trinajstić information content (AvgIpc) is 2.19. The Morgan fingerprint density at radius 1 is 1.50 bits per heavy atom. The number of nitrogens with zero attached hydrogens (tertiary/aromatic N) is 1. The van der Waals surface area contributed by atoms with Crippen molar-refractivity contribution in [3.63, 3.8) is 0 Å². The summed E-state index contributed by atoms with van der Waals surface area (Å²) in [6.07, 6.45) is 2.91. The van der Waals surface area contributed by atoms with Crippen LogP contribution in [0.15, 0.2) is 0 Å². The lowest BCUT2D eigenvalue weighted by Gasteiger charge is -2.30. The fourth-order valence-corrected chi connectivity index (χ4v) is 1.87. The van der Waals surface area contributed by atoms with Crippen LogP contribution >= 0.6 is 0 Å². The van der Waals surface area contributed by atoms with Gasteiger partial charge in [-0.15, -0.1) is 0 Å². The van der Waals surface area contributed by atoms with Gasteiger partial charge in [-0.25, -0.2) is 0 Å². The smallest absolute Gasteiger partial charge is 0.220 e. The monoisotopic (exact) mass is 200 g/mol. The summed E-state index contributed by atoms with van der Waals surface area (Å²) in [7, 11) is 1.72. The Bertz CT molecular complexity index is 177. The second kappa shape index (κ2) is 5.98. The molecule has 1 fully saturated rings. The second-order valence-corrected chi connectivity index (χ2v) is 3.86. The molecule has 4 nitrogen and oxygen atoms in total. The van der Waals surface area contributed by atoms with E-state index in [-0.39, 0.29) is 11.8 Å². The Labute approximate surface area is 85.4 Å². The first-order chi connectivity index (χ1) is 6.74. The normalized spacial score (nSPS) is 19.8. The van der Waals surface area contributed by atoms with E-state index in [2.05, 4.69) is 4.90 Å². The highest BCUT2D eigenvalue weighted by Crippen LogP contribution is 2.16. The maximum absolute atomic E-state index is 10.9. The lowest BCUT2D eigenvalue weighted by atomic mass is 9.96. The summed E-state index contributed by atoms with van der Waals surface area (Å²) in [6.45, 7) is 3.88. The SMILES string of the molecule is COCCCN1CCC(C(N)=O)CC1. The molecule has 1 amide bonds. The van der Waals surface area contributed by atoms with Crippen molar-refractivity contribution in [3.05, 3.63) is 0 Å². The number of rotatable bonds is 5. The molecule has 0 saturated carbocycles. The fraction of sp³-hybridized carbons (Fsp3) is 0.900. The summed E-state index contributed by atoms with van der Waals surface area (Å²) in [4.78, 5) is 13.3. The van der Waals surface area contributed by atoms with Crippen molar-refractivity contribution in [2.24, 2.45) is 11.7 Å². The summed E-state index contributed by atoms with van der Waals surface area (Å²) in [5, 5.41) is 0. The number of amides is 1. The van der Waals surface area contributed by atoms with Crippen LogP contribution in [0.2, 0.25) is 0 Å².